The summed E-state index contributed by atoms with van der Waals surface area (Å²) in [4.78, 5) is 35.4. The molecule has 0 saturated carbocycles. The van der Waals surface area contributed by atoms with Crippen molar-refractivity contribution < 1.29 is 32.5 Å². The predicted octanol–water partition coefficient (Wildman–Crippen LogP) is 5.58. The van der Waals surface area contributed by atoms with E-state index in [0.29, 0.717) is 34.8 Å². The van der Waals surface area contributed by atoms with Crippen molar-refractivity contribution >= 4 is 22.6 Å². The fourth-order valence-corrected chi connectivity index (χ4v) is 4.81. The Kier molecular flexibility index (Phi) is 7.10. The van der Waals surface area contributed by atoms with Gasteiger partial charge < -0.3 is 28.8 Å². The number of methoxy groups -OCH3 is 2. The van der Waals surface area contributed by atoms with Crippen LogP contribution in [0.15, 0.2) is 71.8 Å². The van der Waals surface area contributed by atoms with E-state index < -0.39 is 23.0 Å². The molecular formula is C31H24F2N4O6. The van der Waals surface area contributed by atoms with E-state index in [1.54, 1.807) is 10.6 Å². The first-order chi connectivity index (χ1) is 20.7. The van der Waals surface area contributed by atoms with Crippen LogP contribution in [0.3, 0.4) is 0 Å². The Balaban J connectivity index is 1.29. The molecule has 12 heteroatoms. The Morgan fingerprint density at radius 2 is 1.81 bits per heavy atom. The molecule has 1 atom stereocenters. The number of aromatic nitrogens is 3. The molecule has 4 heterocycles. The summed E-state index contributed by atoms with van der Waals surface area (Å²) in [6.45, 7) is 2.23. The Bertz CT molecular complexity index is 1940. The lowest BCUT2D eigenvalue weighted by molar-refractivity contribution is 0.102. The van der Waals surface area contributed by atoms with E-state index in [4.69, 9.17) is 18.9 Å². The number of carbonyl (C=O) groups is 1. The summed E-state index contributed by atoms with van der Waals surface area (Å²) in [5.74, 6) is -1.03. The van der Waals surface area contributed by atoms with Gasteiger partial charge in [-0.3, -0.25) is 14.6 Å². The number of pyridine rings is 3. The van der Waals surface area contributed by atoms with Crippen molar-refractivity contribution in [3.63, 3.8) is 0 Å². The first kappa shape index (κ1) is 27.6. The van der Waals surface area contributed by atoms with Crippen LogP contribution in [-0.2, 0) is 6.54 Å². The summed E-state index contributed by atoms with van der Waals surface area (Å²) in [5.41, 5.74) is 0.621. The molecule has 2 aromatic carbocycles. The minimum atomic E-state index is -0.775. The van der Waals surface area contributed by atoms with Crippen molar-refractivity contribution in [2.24, 2.45) is 0 Å². The molecule has 1 aliphatic rings. The maximum Gasteiger partial charge on any atom is 0.261 e. The SMILES string of the molecule is COc1cc2nccc(Oc3ccc(NC(=O)c4cn5c(c(-c6ccc(F)cc6)c4=O)OC(C)C5)cc3F)c2nc1OC. The third-order valence-corrected chi connectivity index (χ3v) is 6.81. The fourth-order valence-electron chi connectivity index (χ4n) is 4.81. The van der Waals surface area contributed by atoms with Gasteiger partial charge in [-0.1, -0.05) is 12.1 Å². The molecule has 0 saturated heterocycles. The number of nitrogens with one attached hydrogen (secondary N) is 1. The van der Waals surface area contributed by atoms with Crippen molar-refractivity contribution in [1.82, 2.24) is 14.5 Å². The monoisotopic (exact) mass is 586 g/mol. The Morgan fingerprint density at radius 1 is 1.02 bits per heavy atom. The molecule has 0 aliphatic carbocycles. The van der Waals surface area contributed by atoms with Gasteiger partial charge in [-0.25, -0.2) is 13.8 Å². The number of halogens is 2. The van der Waals surface area contributed by atoms with Crippen molar-refractivity contribution in [2.75, 3.05) is 19.5 Å². The van der Waals surface area contributed by atoms with Gasteiger partial charge in [-0.05, 0) is 36.8 Å². The molecule has 6 rings (SSSR count). The zero-order valence-electron chi connectivity index (χ0n) is 23.2. The van der Waals surface area contributed by atoms with Gasteiger partial charge in [0.2, 0.25) is 11.3 Å². The van der Waals surface area contributed by atoms with Crippen LogP contribution >= 0.6 is 0 Å². The van der Waals surface area contributed by atoms with Crippen molar-refractivity contribution in [3.05, 3.63) is 94.4 Å². The largest absolute Gasteiger partial charge is 0.491 e. The lowest BCUT2D eigenvalue weighted by Gasteiger charge is -2.13. The van der Waals surface area contributed by atoms with E-state index in [-0.39, 0.29) is 40.3 Å². The highest BCUT2D eigenvalue weighted by atomic mass is 19.1. The van der Waals surface area contributed by atoms with E-state index in [1.165, 1.54) is 69.1 Å². The third kappa shape index (κ3) is 5.18. The van der Waals surface area contributed by atoms with Crippen LogP contribution in [0.4, 0.5) is 14.5 Å². The quantitative estimate of drug-likeness (QED) is 0.263. The maximum atomic E-state index is 15.2. The number of hydrogen-bond acceptors (Lipinski definition) is 8. The number of ether oxygens (including phenoxy) is 4. The summed E-state index contributed by atoms with van der Waals surface area (Å²) in [6, 6.07) is 12.3. The molecule has 1 unspecified atom stereocenters. The average Bonchev–Trinajstić information content (AvgIpc) is 3.37. The van der Waals surface area contributed by atoms with Crippen LogP contribution in [0.5, 0.6) is 29.0 Å². The second-order valence-electron chi connectivity index (χ2n) is 9.72. The predicted molar refractivity (Wildman–Crippen MR) is 153 cm³/mol. The smallest absolute Gasteiger partial charge is 0.261 e. The van der Waals surface area contributed by atoms with Crippen LogP contribution in [0.2, 0.25) is 0 Å². The summed E-state index contributed by atoms with van der Waals surface area (Å²) in [7, 11) is 2.91. The number of hydrogen-bond donors (Lipinski definition) is 1. The Morgan fingerprint density at radius 3 is 2.53 bits per heavy atom. The van der Waals surface area contributed by atoms with Gasteiger partial charge in [0.05, 0.1) is 31.8 Å². The first-order valence-electron chi connectivity index (χ1n) is 13.1. The third-order valence-electron chi connectivity index (χ3n) is 6.81. The summed E-state index contributed by atoms with van der Waals surface area (Å²) in [6.07, 6.45) is 2.65. The second kappa shape index (κ2) is 11.0. The Labute approximate surface area is 243 Å². The van der Waals surface area contributed by atoms with Crippen LogP contribution < -0.4 is 29.7 Å². The topological polar surface area (TPSA) is 114 Å². The molecule has 5 aromatic rings. The van der Waals surface area contributed by atoms with Crippen LogP contribution in [0.1, 0.15) is 17.3 Å². The summed E-state index contributed by atoms with van der Waals surface area (Å²) in [5, 5.41) is 2.58. The lowest BCUT2D eigenvalue weighted by atomic mass is 10.0. The van der Waals surface area contributed by atoms with Gasteiger partial charge >= 0.3 is 0 Å². The minimum absolute atomic E-state index is 0.0943. The van der Waals surface area contributed by atoms with Gasteiger partial charge in [0.25, 0.3) is 11.8 Å². The van der Waals surface area contributed by atoms with Crippen molar-refractivity contribution in [2.45, 2.75) is 19.6 Å². The number of rotatable bonds is 7. The standard InChI is InChI=1S/C31H24F2N4O6/c1-16-14-37-15-20(28(38)26(31(37)42-16)17-4-6-18(32)7-5-17)29(39)35-19-8-9-23(21(33)12-19)43-24-10-11-34-22-13-25(40-2)30(41-3)36-27(22)24/h4-13,15-16H,14H2,1-3H3,(H,35,39). The number of carbonyl (C=O) groups excluding carboxylic acids is 1. The van der Waals surface area contributed by atoms with E-state index in [0.717, 1.165) is 6.07 Å². The van der Waals surface area contributed by atoms with Gasteiger partial charge in [0, 0.05) is 36.3 Å². The number of fused-ring (bicyclic) bond motifs is 2. The summed E-state index contributed by atoms with van der Waals surface area (Å²) >= 11 is 0. The molecule has 0 spiro atoms. The highest BCUT2D eigenvalue weighted by Gasteiger charge is 2.28. The highest BCUT2D eigenvalue weighted by Crippen LogP contribution is 2.36. The number of amides is 1. The average molecular weight is 587 g/mol. The molecule has 0 bridgehead atoms. The molecule has 0 fully saturated rings. The zero-order valence-corrected chi connectivity index (χ0v) is 23.2. The van der Waals surface area contributed by atoms with Crippen LogP contribution in [-0.4, -0.2) is 40.8 Å². The molecule has 1 N–H and O–H groups in total. The van der Waals surface area contributed by atoms with Gasteiger partial charge in [0.1, 0.15) is 23.0 Å². The first-order valence-corrected chi connectivity index (χ1v) is 13.1. The molecular weight excluding hydrogens is 562 g/mol. The van der Waals surface area contributed by atoms with Crippen molar-refractivity contribution in [1.29, 1.82) is 0 Å². The molecule has 218 valence electrons. The lowest BCUT2D eigenvalue weighted by Crippen LogP contribution is -2.24. The number of benzene rings is 2. The van der Waals surface area contributed by atoms with Gasteiger partial charge in [-0.2, -0.15) is 0 Å². The highest BCUT2D eigenvalue weighted by molar-refractivity contribution is 6.05. The Hall–Kier alpha value is -5.52. The van der Waals surface area contributed by atoms with Crippen molar-refractivity contribution in [3.8, 4) is 40.1 Å². The van der Waals surface area contributed by atoms with Crippen LogP contribution in [0.25, 0.3) is 22.2 Å². The van der Waals surface area contributed by atoms with Crippen LogP contribution in [0, 0.1) is 11.6 Å². The molecule has 43 heavy (non-hydrogen) atoms. The van der Waals surface area contributed by atoms with E-state index in [2.05, 4.69) is 15.3 Å². The normalized spacial score (nSPS) is 13.7. The van der Waals surface area contributed by atoms with E-state index in [9.17, 15) is 14.0 Å². The number of nitrogens with zero attached hydrogens (tertiary/aromatic N) is 3. The van der Waals surface area contributed by atoms with E-state index in [1.807, 2.05) is 6.92 Å². The number of anilines is 1. The molecule has 0 radical (unpaired) electrons. The van der Waals surface area contributed by atoms with Gasteiger partial charge in [-0.15, -0.1) is 0 Å². The minimum Gasteiger partial charge on any atom is -0.491 e. The molecule has 3 aromatic heterocycles. The molecule has 1 aliphatic heterocycles. The molecule has 1 amide bonds. The van der Waals surface area contributed by atoms with Gasteiger partial charge in [0.15, 0.2) is 23.1 Å². The fraction of sp³-hybridized carbons (Fsp3) is 0.161. The molecule has 10 nitrogen and oxygen atoms in total. The van der Waals surface area contributed by atoms with E-state index >= 15 is 4.39 Å². The summed E-state index contributed by atoms with van der Waals surface area (Å²) < 4.78 is 52.6. The second-order valence-corrected chi connectivity index (χ2v) is 9.72. The maximum absolute atomic E-state index is 15.2. The zero-order chi connectivity index (χ0) is 30.2.